The fourth-order valence-electron chi connectivity index (χ4n) is 5.79. The topological polar surface area (TPSA) is 207 Å². The molecule has 7 N–H and O–H groups in total. The van der Waals surface area contributed by atoms with Crippen LogP contribution in [0.15, 0.2) is 72.8 Å². The molecular formula is C37H53N3O12. The highest BCUT2D eigenvalue weighted by Gasteiger charge is 2.48. The van der Waals surface area contributed by atoms with Crippen LogP contribution in [-0.2, 0) is 41.6 Å². The van der Waals surface area contributed by atoms with Gasteiger partial charge < -0.3 is 64.8 Å². The lowest BCUT2D eigenvalue weighted by molar-refractivity contribution is -0.220. The molecule has 15 nitrogen and oxygen atoms in total. The van der Waals surface area contributed by atoms with Crippen LogP contribution in [0.1, 0.15) is 44.7 Å². The standard InChI is InChI=1S/C37H53N3O12/c1-4-28(38-18-26(42)20-41)31(43)23(3)49-35-32(44)33(30(5-2)51-35)52-34-29(40-37(46)48-22-25-14-10-7-11-15-25)17-16-27(50-34)19-39-36(45)47-21-24-12-8-6-9-13-24/h6-17,23,26-35,38,41-44H,4-5,18-22H2,1-3H3,(H,39,45)(H,40,46). The summed E-state index contributed by atoms with van der Waals surface area (Å²) in [4.78, 5) is 25.3. The minimum absolute atomic E-state index is 0.0270. The number of amides is 2. The number of alkyl carbamates (subject to hydrolysis) is 2. The third-order valence-electron chi connectivity index (χ3n) is 8.79. The van der Waals surface area contributed by atoms with Gasteiger partial charge in [-0.25, -0.2) is 9.59 Å². The first kappa shape index (κ1) is 41.1. The Bertz CT molecular complexity index is 1370. The summed E-state index contributed by atoms with van der Waals surface area (Å²) >= 11 is 0. The first-order valence-electron chi connectivity index (χ1n) is 17.7. The summed E-state index contributed by atoms with van der Waals surface area (Å²) in [6.45, 7) is 5.16. The first-order chi connectivity index (χ1) is 25.1. The minimum Gasteiger partial charge on any atom is -0.445 e. The molecule has 2 aliphatic rings. The van der Waals surface area contributed by atoms with Gasteiger partial charge in [-0.2, -0.15) is 0 Å². The SMILES string of the molecule is CCC(NCC(O)CO)C(O)C(C)OC1OC(CC)C(OC2OC(CNC(=O)OCc3ccccc3)C=CC2NC(=O)OCc2ccccc2)C1O. The second-order valence-electron chi connectivity index (χ2n) is 12.7. The zero-order valence-corrected chi connectivity index (χ0v) is 29.8. The van der Waals surface area contributed by atoms with Crippen LogP contribution in [0, 0.1) is 0 Å². The molecule has 11 atom stereocenters. The lowest BCUT2D eigenvalue weighted by atomic mass is 10.0. The Morgan fingerprint density at radius 3 is 2.12 bits per heavy atom. The molecule has 0 bridgehead atoms. The number of benzene rings is 2. The zero-order chi connectivity index (χ0) is 37.5. The number of aliphatic hydroxyl groups excluding tert-OH is 4. The number of hydrogen-bond donors (Lipinski definition) is 7. The van der Waals surface area contributed by atoms with E-state index in [1.54, 1.807) is 19.1 Å². The average molecular weight is 732 g/mol. The first-order valence-corrected chi connectivity index (χ1v) is 17.7. The van der Waals surface area contributed by atoms with Crippen molar-refractivity contribution in [2.45, 2.75) is 114 Å². The van der Waals surface area contributed by atoms with E-state index in [9.17, 15) is 24.9 Å². The molecule has 4 rings (SSSR count). The monoisotopic (exact) mass is 731 g/mol. The lowest BCUT2D eigenvalue weighted by Crippen LogP contribution is -2.53. The van der Waals surface area contributed by atoms with E-state index >= 15 is 0 Å². The molecule has 52 heavy (non-hydrogen) atoms. The van der Waals surface area contributed by atoms with Gasteiger partial charge >= 0.3 is 12.2 Å². The van der Waals surface area contributed by atoms with Crippen molar-refractivity contribution in [2.24, 2.45) is 0 Å². The summed E-state index contributed by atoms with van der Waals surface area (Å²) in [7, 11) is 0. The van der Waals surface area contributed by atoms with Gasteiger partial charge in [-0.3, -0.25) is 0 Å². The van der Waals surface area contributed by atoms with Gasteiger partial charge in [0.05, 0.1) is 43.7 Å². The molecule has 2 aliphatic heterocycles. The molecule has 2 aromatic rings. The lowest BCUT2D eigenvalue weighted by Gasteiger charge is -2.35. The number of aliphatic hydroxyl groups is 4. The second kappa shape index (κ2) is 21.2. The largest absolute Gasteiger partial charge is 0.445 e. The number of carbonyl (C=O) groups is 2. The van der Waals surface area contributed by atoms with Gasteiger partial charge in [0.2, 0.25) is 0 Å². The van der Waals surface area contributed by atoms with Crippen molar-refractivity contribution in [3.05, 3.63) is 83.9 Å². The van der Waals surface area contributed by atoms with Crippen molar-refractivity contribution >= 4 is 12.2 Å². The predicted octanol–water partition coefficient (Wildman–Crippen LogP) is 1.86. The molecule has 1 fully saturated rings. The molecule has 0 saturated carbocycles. The van der Waals surface area contributed by atoms with E-state index in [0.717, 1.165) is 11.1 Å². The maximum absolute atomic E-state index is 12.9. The van der Waals surface area contributed by atoms with Crippen LogP contribution in [-0.4, -0.2) is 120 Å². The Morgan fingerprint density at radius 2 is 1.52 bits per heavy atom. The number of carbonyl (C=O) groups excluding carboxylic acids is 2. The molecular weight excluding hydrogens is 678 g/mol. The molecule has 11 unspecified atom stereocenters. The van der Waals surface area contributed by atoms with Crippen molar-refractivity contribution in [3.8, 4) is 0 Å². The second-order valence-corrected chi connectivity index (χ2v) is 12.7. The van der Waals surface area contributed by atoms with Gasteiger partial charge in [-0.05, 0) is 30.9 Å². The van der Waals surface area contributed by atoms with E-state index in [2.05, 4.69) is 16.0 Å². The molecule has 0 aliphatic carbocycles. The van der Waals surface area contributed by atoms with Crippen molar-refractivity contribution in [3.63, 3.8) is 0 Å². The smallest absolute Gasteiger partial charge is 0.408 e. The fraction of sp³-hybridized carbons (Fsp3) is 0.568. The van der Waals surface area contributed by atoms with E-state index in [4.69, 9.17) is 33.5 Å². The maximum atomic E-state index is 12.9. The fourth-order valence-corrected chi connectivity index (χ4v) is 5.79. The highest BCUT2D eigenvalue weighted by atomic mass is 16.7. The summed E-state index contributed by atoms with van der Waals surface area (Å²) in [6.07, 6.45) is -5.85. The van der Waals surface area contributed by atoms with Gasteiger partial charge in [0.15, 0.2) is 12.6 Å². The van der Waals surface area contributed by atoms with Gasteiger partial charge in [-0.1, -0.05) is 86.7 Å². The summed E-state index contributed by atoms with van der Waals surface area (Å²) in [5.41, 5.74) is 1.64. The quantitative estimate of drug-likeness (QED) is 0.103. The number of hydrogen-bond acceptors (Lipinski definition) is 13. The van der Waals surface area contributed by atoms with Crippen LogP contribution in [0.4, 0.5) is 9.59 Å². The van der Waals surface area contributed by atoms with Crippen molar-refractivity contribution < 1.29 is 58.4 Å². The molecule has 0 radical (unpaired) electrons. The molecule has 0 spiro atoms. The van der Waals surface area contributed by atoms with Crippen LogP contribution >= 0.6 is 0 Å². The van der Waals surface area contributed by atoms with E-state index in [-0.39, 0.29) is 26.3 Å². The van der Waals surface area contributed by atoms with E-state index in [1.165, 1.54) is 0 Å². The predicted molar refractivity (Wildman–Crippen MR) is 188 cm³/mol. The number of ether oxygens (including phenoxy) is 6. The van der Waals surface area contributed by atoms with E-state index in [1.807, 2.05) is 74.5 Å². The van der Waals surface area contributed by atoms with Gasteiger partial charge in [-0.15, -0.1) is 0 Å². The zero-order valence-electron chi connectivity index (χ0n) is 29.8. The summed E-state index contributed by atoms with van der Waals surface area (Å²) in [5.74, 6) is 0. The summed E-state index contributed by atoms with van der Waals surface area (Å²) in [6, 6.07) is 17.1. The molecule has 0 aromatic heterocycles. The van der Waals surface area contributed by atoms with Gasteiger partial charge in [0, 0.05) is 12.6 Å². The molecule has 288 valence electrons. The Kier molecular flexibility index (Phi) is 16.7. The van der Waals surface area contributed by atoms with Crippen molar-refractivity contribution in [1.29, 1.82) is 0 Å². The van der Waals surface area contributed by atoms with Crippen molar-refractivity contribution in [2.75, 3.05) is 19.7 Å². The third-order valence-corrected chi connectivity index (χ3v) is 8.79. The van der Waals surface area contributed by atoms with Crippen LogP contribution in [0.2, 0.25) is 0 Å². The summed E-state index contributed by atoms with van der Waals surface area (Å²) < 4.78 is 35.3. The highest BCUT2D eigenvalue weighted by Crippen LogP contribution is 2.31. The molecule has 1 saturated heterocycles. The van der Waals surface area contributed by atoms with Crippen LogP contribution < -0.4 is 16.0 Å². The third kappa shape index (κ3) is 12.5. The Morgan fingerprint density at radius 1 is 0.885 bits per heavy atom. The number of nitrogens with one attached hydrogen (secondary N) is 3. The highest BCUT2D eigenvalue weighted by molar-refractivity contribution is 5.68. The maximum Gasteiger partial charge on any atom is 0.408 e. The Hall–Kier alpha value is -3.64. The van der Waals surface area contributed by atoms with Crippen molar-refractivity contribution in [1.82, 2.24) is 16.0 Å². The van der Waals surface area contributed by atoms with Gasteiger partial charge in [0.25, 0.3) is 0 Å². The average Bonchev–Trinajstić information content (AvgIpc) is 3.46. The Labute approximate surface area is 304 Å². The minimum atomic E-state index is -1.31. The van der Waals surface area contributed by atoms with Crippen LogP contribution in [0.3, 0.4) is 0 Å². The van der Waals surface area contributed by atoms with Crippen LogP contribution in [0.5, 0.6) is 0 Å². The molecule has 2 heterocycles. The van der Waals surface area contributed by atoms with Gasteiger partial charge in [0.1, 0.15) is 31.5 Å². The normalized spacial score (nSPS) is 26.6. The molecule has 2 amide bonds. The van der Waals surface area contributed by atoms with E-state index in [0.29, 0.717) is 12.8 Å². The summed E-state index contributed by atoms with van der Waals surface area (Å²) in [5, 5.41) is 49.7. The molecule has 15 heteroatoms. The number of rotatable bonds is 19. The van der Waals surface area contributed by atoms with Crippen LogP contribution in [0.25, 0.3) is 0 Å². The van der Waals surface area contributed by atoms with E-state index < -0.39 is 86.2 Å². The molecule has 2 aromatic carbocycles. The Balaban J connectivity index is 1.39.